The Labute approximate surface area is 374 Å². The van der Waals surface area contributed by atoms with Gasteiger partial charge in [0.25, 0.3) is 0 Å². The predicted octanol–water partition coefficient (Wildman–Crippen LogP) is 4.67. The molecule has 63 heavy (non-hydrogen) atoms. The number of nitrogens with zero attached hydrogens (tertiary/aromatic N) is 7. The number of benzene rings is 2. The molecular formula is C47H62N10O5S. The summed E-state index contributed by atoms with van der Waals surface area (Å²) in [7, 11) is 0. The van der Waals surface area contributed by atoms with Gasteiger partial charge in [-0.25, -0.2) is 4.98 Å². The van der Waals surface area contributed by atoms with E-state index in [9.17, 15) is 24.6 Å². The summed E-state index contributed by atoms with van der Waals surface area (Å²) in [4.78, 5) is 55.7. The number of fused-ring (bicyclic) bond motifs is 3. The maximum absolute atomic E-state index is 14.2. The lowest BCUT2D eigenvalue weighted by molar-refractivity contribution is -0.144. The lowest BCUT2D eigenvalue weighted by Crippen LogP contribution is -2.58. The van der Waals surface area contributed by atoms with Gasteiger partial charge >= 0.3 is 0 Å². The number of aryl methyl sites for hydroxylation is 1. The van der Waals surface area contributed by atoms with Crippen LogP contribution >= 0.6 is 11.3 Å². The summed E-state index contributed by atoms with van der Waals surface area (Å²) in [5, 5.41) is 39.5. The number of phenols is 1. The molecule has 3 amide bonds. The second-order valence-corrected chi connectivity index (χ2v) is 19.7. The Balaban J connectivity index is 0.791. The molecular weight excluding hydrogens is 817 g/mol. The van der Waals surface area contributed by atoms with Gasteiger partial charge in [0.05, 0.1) is 45.7 Å². The van der Waals surface area contributed by atoms with Crippen LogP contribution in [0, 0.1) is 18.3 Å². The zero-order valence-corrected chi connectivity index (χ0v) is 37.9. The minimum atomic E-state index is -0.864. The molecule has 0 radical (unpaired) electrons. The maximum Gasteiger partial charge on any atom is 0.246 e. The van der Waals surface area contributed by atoms with Gasteiger partial charge in [-0.1, -0.05) is 57.2 Å². The van der Waals surface area contributed by atoms with Crippen molar-refractivity contribution < 1.29 is 24.6 Å². The molecule has 336 valence electrons. The monoisotopic (exact) mass is 878 g/mol. The van der Waals surface area contributed by atoms with Gasteiger partial charge in [-0.2, -0.15) is 0 Å². The molecule has 0 unspecified atom stereocenters. The van der Waals surface area contributed by atoms with Crippen molar-refractivity contribution in [2.45, 2.75) is 90.6 Å². The van der Waals surface area contributed by atoms with E-state index < -0.39 is 23.6 Å². The van der Waals surface area contributed by atoms with Crippen LogP contribution < -0.4 is 20.9 Å². The molecule has 5 atom stereocenters. The highest BCUT2D eigenvalue weighted by Gasteiger charge is 2.45. The van der Waals surface area contributed by atoms with Gasteiger partial charge in [-0.3, -0.25) is 19.3 Å². The number of anilines is 2. The molecule has 15 nitrogen and oxygen atoms in total. The second kappa shape index (κ2) is 18.9. The van der Waals surface area contributed by atoms with E-state index in [1.165, 1.54) is 4.90 Å². The highest BCUT2D eigenvalue weighted by molar-refractivity contribution is 7.13. The number of carbonyl (C=O) groups excluding carboxylic acids is 3. The average molecular weight is 879 g/mol. The van der Waals surface area contributed by atoms with Crippen LogP contribution in [0.15, 0.2) is 60.1 Å². The van der Waals surface area contributed by atoms with Gasteiger partial charge in [0.1, 0.15) is 17.8 Å². The van der Waals surface area contributed by atoms with Crippen LogP contribution in [0.5, 0.6) is 5.75 Å². The number of hydrogen-bond donors (Lipinski definition) is 5. The number of para-hydroxylation sites is 1. The number of nitrogens with one attached hydrogen (secondary N) is 3. The molecule has 0 aliphatic carbocycles. The number of aliphatic hydroxyl groups is 1. The number of phenolic OH excluding ortho intramolecular Hbond substituents is 1. The van der Waals surface area contributed by atoms with Gasteiger partial charge in [0.2, 0.25) is 17.7 Å². The van der Waals surface area contributed by atoms with Crippen molar-refractivity contribution in [1.82, 2.24) is 40.5 Å². The molecule has 0 spiro atoms. The predicted molar refractivity (Wildman–Crippen MR) is 245 cm³/mol. The van der Waals surface area contributed by atoms with Gasteiger partial charge in [-0.15, -0.1) is 21.5 Å². The molecule has 2 aromatic heterocycles. The van der Waals surface area contributed by atoms with E-state index in [1.807, 2.05) is 82.6 Å². The van der Waals surface area contributed by atoms with E-state index in [0.29, 0.717) is 29.8 Å². The number of piperidine rings is 1. The molecule has 4 aliphatic heterocycles. The number of aromatic hydroxyl groups is 1. The second-order valence-electron chi connectivity index (χ2n) is 18.9. The Bertz CT molecular complexity index is 2260. The summed E-state index contributed by atoms with van der Waals surface area (Å²) in [5.41, 5.74) is 6.54. The minimum Gasteiger partial charge on any atom is -0.507 e. The first-order chi connectivity index (χ1) is 30.2. The summed E-state index contributed by atoms with van der Waals surface area (Å²) >= 11 is 1.59. The third-order valence-electron chi connectivity index (χ3n) is 13.3. The quantitative estimate of drug-likeness (QED) is 0.133. The van der Waals surface area contributed by atoms with Gasteiger partial charge < -0.3 is 40.9 Å². The normalized spacial score (nSPS) is 21.8. The highest BCUT2D eigenvalue weighted by Crippen LogP contribution is 2.37. The molecule has 2 aromatic carbocycles. The van der Waals surface area contributed by atoms with E-state index in [0.717, 1.165) is 91.9 Å². The van der Waals surface area contributed by atoms with E-state index in [-0.39, 0.29) is 48.9 Å². The molecule has 3 saturated heterocycles. The van der Waals surface area contributed by atoms with Crippen LogP contribution in [0.2, 0.25) is 0 Å². The Morgan fingerprint density at radius 2 is 1.73 bits per heavy atom. The number of hydrogen-bond acceptors (Lipinski definition) is 13. The summed E-state index contributed by atoms with van der Waals surface area (Å²) < 4.78 is 0. The molecule has 4 aromatic rings. The first-order valence-corrected chi connectivity index (χ1v) is 23.3. The SMILES string of the molecule is Cc1ncsc1-c1ccc([C@H](C)NC(=O)[C@@H]2C[C@@H](O)CN2C(=O)[C@@H](NC(=O)CCN2CCC(CN3CCN4c5cc(-c6ccccc6O)nnc5NC[C@H]4C3)CC2)C(C)(C)C)cc1. The van der Waals surface area contributed by atoms with Crippen LogP contribution in [0.3, 0.4) is 0 Å². The molecule has 5 N–H and O–H groups in total. The third kappa shape index (κ3) is 10.1. The van der Waals surface area contributed by atoms with Crippen molar-refractivity contribution >= 4 is 40.6 Å². The number of thiazole rings is 1. The first-order valence-electron chi connectivity index (χ1n) is 22.4. The highest BCUT2D eigenvalue weighted by atomic mass is 32.1. The number of amides is 3. The molecule has 0 bridgehead atoms. The fraction of sp³-hybridized carbons (Fsp3) is 0.532. The number of piperazine rings is 1. The van der Waals surface area contributed by atoms with Crippen molar-refractivity contribution in [2.75, 3.05) is 69.1 Å². The van der Waals surface area contributed by atoms with Gasteiger partial charge in [0.15, 0.2) is 5.82 Å². The van der Waals surface area contributed by atoms with E-state index >= 15 is 0 Å². The molecule has 16 heteroatoms. The third-order valence-corrected chi connectivity index (χ3v) is 14.3. The number of aromatic nitrogens is 3. The Morgan fingerprint density at radius 3 is 2.44 bits per heavy atom. The first kappa shape index (κ1) is 44.4. The van der Waals surface area contributed by atoms with Crippen molar-refractivity contribution in [3.63, 3.8) is 0 Å². The summed E-state index contributed by atoms with van der Waals surface area (Å²) in [5.74, 6) is 0.673. The fourth-order valence-electron chi connectivity index (χ4n) is 9.61. The Morgan fingerprint density at radius 1 is 0.968 bits per heavy atom. The van der Waals surface area contributed by atoms with Crippen LogP contribution in [0.25, 0.3) is 21.7 Å². The molecule has 6 heterocycles. The average Bonchev–Trinajstić information content (AvgIpc) is 3.89. The maximum atomic E-state index is 14.2. The van der Waals surface area contributed by atoms with Gasteiger partial charge in [-0.05, 0) is 80.4 Å². The number of rotatable bonds is 12. The topological polar surface area (TPSA) is 179 Å². The van der Waals surface area contributed by atoms with Crippen molar-refractivity contribution in [3.05, 3.63) is 71.4 Å². The van der Waals surface area contributed by atoms with Crippen LogP contribution in [-0.4, -0.2) is 141 Å². The number of β-amino-alcohol motifs (C(OH)–C–C–N with tert-alkyl or cyclic N) is 1. The van der Waals surface area contributed by atoms with Crippen molar-refractivity contribution in [2.24, 2.45) is 11.3 Å². The summed E-state index contributed by atoms with van der Waals surface area (Å²) in [6, 6.07) is 15.6. The lowest BCUT2D eigenvalue weighted by Gasteiger charge is -2.47. The van der Waals surface area contributed by atoms with Crippen molar-refractivity contribution in [1.29, 1.82) is 0 Å². The zero-order valence-electron chi connectivity index (χ0n) is 37.1. The van der Waals surface area contributed by atoms with Crippen molar-refractivity contribution in [3.8, 4) is 27.4 Å². The number of aliphatic hydroxyl groups excluding tert-OH is 1. The van der Waals surface area contributed by atoms with Gasteiger partial charge in [0, 0.05) is 64.2 Å². The van der Waals surface area contributed by atoms with Crippen LogP contribution in [0.1, 0.15) is 70.7 Å². The summed E-state index contributed by atoms with van der Waals surface area (Å²) in [6.07, 6.45) is 1.69. The van der Waals surface area contributed by atoms with E-state index in [1.54, 1.807) is 23.5 Å². The van der Waals surface area contributed by atoms with E-state index in [4.69, 9.17) is 0 Å². The molecule has 8 rings (SSSR count). The lowest BCUT2D eigenvalue weighted by atomic mass is 9.85. The molecule has 4 aliphatic rings. The molecule has 3 fully saturated rings. The zero-order chi connectivity index (χ0) is 44.4. The Kier molecular flexibility index (Phi) is 13.3. The fourth-order valence-corrected chi connectivity index (χ4v) is 10.4. The minimum absolute atomic E-state index is 0.0314. The van der Waals surface area contributed by atoms with Crippen LogP contribution in [-0.2, 0) is 14.4 Å². The smallest absolute Gasteiger partial charge is 0.246 e. The number of carbonyl (C=O) groups is 3. The Hall–Kier alpha value is -5.16. The number of likely N-dealkylation sites (tertiary alicyclic amines) is 2. The summed E-state index contributed by atoms with van der Waals surface area (Å²) in [6.45, 7) is 16.8. The standard InChI is InChI=1S/C47H62N10O5S/c1-29(32-10-12-33(13-11-32)42-30(2)49-28-63-42)50-45(61)39-22-35(58)27-57(39)46(62)43(47(3,4)5)51-41(60)16-19-54-17-14-31(15-18-54)25-55-20-21-56-34(26-55)24-48-44-38(56)23-37(52-53-44)36-8-6-7-9-40(36)59/h6-13,23,28-29,31,34-35,39,43,58-59H,14-22,24-27H2,1-5H3,(H,48,53)(H,50,61)(H,51,60)/t29-,34-,35+,39-,43+/m0/s1. The largest absolute Gasteiger partial charge is 0.507 e. The van der Waals surface area contributed by atoms with Crippen LogP contribution in [0.4, 0.5) is 11.5 Å². The van der Waals surface area contributed by atoms with E-state index in [2.05, 4.69) is 45.8 Å². The molecule has 0 saturated carbocycles.